The molecule has 7 aliphatic rings. The van der Waals surface area contributed by atoms with Gasteiger partial charge >= 0.3 is 0 Å². The molecule has 36 heavy (non-hydrogen) atoms. The van der Waals surface area contributed by atoms with Gasteiger partial charge in [-0.25, -0.2) is 4.39 Å². The zero-order chi connectivity index (χ0) is 24.8. The number of rotatable bonds is 7. The van der Waals surface area contributed by atoms with E-state index in [0.717, 1.165) is 68.4 Å². The topological polar surface area (TPSA) is 118 Å². The lowest BCUT2D eigenvalue weighted by Crippen LogP contribution is -2.71. The van der Waals surface area contributed by atoms with E-state index in [-0.39, 0.29) is 16.7 Å². The van der Waals surface area contributed by atoms with E-state index in [1.54, 1.807) is 0 Å². The van der Waals surface area contributed by atoms with Crippen molar-refractivity contribution in [2.24, 2.45) is 27.1 Å². The van der Waals surface area contributed by atoms with Crippen LogP contribution in [-0.2, 0) is 4.79 Å². The van der Waals surface area contributed by atoms with Crippen molar-refractivity contribution in [2.75, 3.05) is 11.4 Å². The number of halogens is 1. The summed E-state index contributed by atoms with van der Waals surface area (Å²) in [7, 11) is 0. The minimum absolute atomic E-state index is 0.0241. The van der Waals surface area contributed by atoms with E-state index in [1.165, 1.54) is 0 Å². The summed E-state index contributed by atoms with van der Waals surface area (Å²) >= 11 is 0. The molecule has 0 atom stereocenters. The number of alkyl halides is 1. The molecule has 1 aromatic carbocycles. The highest BCUT2D eigenvalue weighted by atomic mass is 19.1. The number of nitrogens with two attached hydrogens (primary N) is 1. The minimum atomic E-state index is -1.14. The second kappa shape index (κ2) is 7.29. The van der Waals surface area contributed by atoms with Gasteiger partial charge in [-0.1, -0.05) is 16.4 Å². The molecule has 1 heterocycles. The fourth-order valence-corrected chi connectivity index (χ4v) is 7.45. The van der Waals surface area contributed by atoms with Crippen LogP contribution in [0.15, 0.2) is 33.9 Å². The molecule has 190 valence electrons. The highest BCUT2D eigenvalue weighted by Crippen LogP contribution is 2.70. The maximum absolute atomic E-state index is 14.4. The van der Waals surface area contributed by atoms with Crippen molar-refractivity contribution in [2.45, 2.75) is 82.2 Å². The fourth-order valence-electron chi connectivity index (χ4n) is 7.45. The van der Waals surface area contributed by atoms with E-state index in [1.807, 2.05) is 29.2 Å². The quantitative estimate of drug-likeness (QED) is 0.244. The van der Waals surface area contributed by atoms with Crippen LogP contribution in [0.2, 0.25) is 0 Å². The molecule has 1 aromatic heterocycles. The van der Waals surface area contributed by atoms with E-state index < -0.39 is 11.1 Å². The van der Waals surface area contributed by atoms with Gasteiger partial charge in [-0.15, -0.1) is 0 Å². The number of anilines is 1. The van der Waals surface area contributed by atoms with Gasteiger partial charge in [0.25, 0.3) is 5.89 Å². The van der Waals surface area contributed by atoms with Crippen molar-refractivity contribution in [3.05, 3.63) is 30.1 Å². The molecule has 9 rings (SSSR count). The zero-order valence-electron chi connectivity index (χ0n) is 20.4. The van der Waals surface area contributed by atoms with Crippen LogP contribution in [0.4, 0.5) is 10.1 Å². The summed E-state index contributed by atoms with van der Waals surface area (Å²) in [5.41, 5.74) is 5.72. The van der Waals surface area contributed by atoms with Gasteiger partial charge in [0.05, 0.1) is 5.41 Å². The normalized spacial score (nSPS) is 36.8. The first-order chi connectivity index (χ1) is 17.3. The molecule has 7 aliphatic carbocycles. The Morgan fingerprint density at radius 2 is 1.83 bits per heavy atom. The Hall–Kier alpha value is -2.97. The number of amides is 1. The first kappa shape index (κ1) is 22.2. The molecule has 2 aromatic rings. The van der Waals surface area contributed by atoms with E-state index in [4.69, 9.17) is 10.3 Å². The van der Waals surface area contributed by atoms with Crippen LogP contribution in [0, 0.1) is 16.2 Å². The highest BCUT2D eigenvalue weighted by molar-refractivity contribution is 6.00. The van der Waals surface area contributed by atoms with Gasteiger partial charge in [0.15, 0.2) is 5.82 Å². The second-order valence-corrected chi connectivity index (χ2v) is 12.4. The van der Waals surface area contributed by atoms with Crippen molar-refractivity contribution in [1.82, 2.24) is 10.1 Å². The van der Waals surface area contributed by atoms with Gasteiger partial charge in [0.2, 0.25) is 5.91 Å². The molecule has 7 fully saturated rings. The Balaban J connectivity index is 1.19. The molecule has 9 heteroatoms. The van der Waals surface area contributed by atoms with Gasteiger partial charge in [0.1, 0.15) is 11.5 Å². The van der Waals surface area contributed by atoms with Crippen molar-refractivity contribution in [3.63, 3.8) is 0 Å². The fraction of sp³-hybridized carbons (Fsp3) is 0.630. The third-order valence-electron chi connectivity index (χ3n) is 10.00. The summed E-state index contributed by atoms with van der Waals surface area (Å²) in [6.45, 7) is 0.597. The van der Waals surface area contributed by atoms with Gasteiger partial charge < -0.3 is 20.4 Å². The number of hydrogen-bond acceptors (Lipinski definition) is 6. The number of carbonyl (C=O) groups excluding carboxylic acids is 1. The Morgan fingerprint density at radius 3 is 2.44 bits per heavy atom. The largest absolute Gasteiger partial charge is 0.409 e. The molecule has 7 saturated carbocycles. The molecule has 1 amide bonds. The van der Waals surface area contributed by atoms with Gasteiger partial charge in [0, 0.05) is 29.1 Å². The van der Waals surface area contributed by atoms with Crippen LogP contribution in [0.25, 0.3) is 11.5 Å². The standard InChI is InChI=1S/C27H32FN5O3/c28-27-13-26(14-27,15-27)23(34)33(16-24-6-9-25(10-7-24,11-8-24)22(29)31-35)19-3-1-2-18(12-19)21-30-20(32-36-21)17-4-5-17/h1-3,12,17,35H,4-11,13-16H2,(H2,29,31). The zero-order valence-corrected chi connectivity index (χ0v) is 20.4. The van der Waals surface area contributed by atoms with Crippen molar-refractivity contribution in [1.29, 1.82) is 0 Å². The Bertz CT molecular complexity index is 1220. The average molecular weight is 494 g/mol. The molecular formula is C27H32FN5O3. The molecule has 0 aliphatic heterocycles. The molecule has 3 N–H and O–H groups in total. The first-order valence-electron chi connectivity index (χ1n) is 13.2. The third kappa shape index (κ3) is 3.23. The van der Waals surface area contributed by atoms with Gasteiger partial charge in [-0.2, -0.15) is 4.98 Å². The SMILES string of the molecule is N/C(=N/O)C12CCC(CN(C(=O)C34CC(F)(C3)C4)c3cccc(-c4nc(C5CC5)no4)c3)(CC1)CC2. The molecule has 0 saturated heterocycles. The monoisotopic (exact) mass is 493 g/mol. The number of nitrogens with zero attached hydrogens (tertiary/aromatic N) is 4. The predicted octanol–water partition coefficient (Wildman–Crippen LogP) is 4.93. The maximum atomic E-state index is 14.4. The number of fused-ring (bicyclic) bond motifs is 3. The van der Waals surface area contributed by atoms with Crippen molar-refractivity contribution >= 4 is 17.4 Å². The number of aromatic nitrogens is 2. The van der Waals surface area contributed by atoms with Crippen LogP contribution < -0.4 is 10.6 Å². The summed E-state index contributed by atoms with van der Waals surface area (Å²) < 4.78 is 20.0. The van der Waals surface area contributed by atoms with Crippen LogP contribution in [0.5, 0.6) is 0 Å². The van der Waals surface area contributed by atoms with E-state index in [9.17, 15) is 14.4 Å². The molecule has 8 nitrogen and oxygen atoms in total. The van der Waals surface area contributed by atoms with Crippen LogP contribution in [0.3, 0.4) is 0 Å². The second-order valence-electron chi connectivity index (χ2n) is 12.4. The molecular weight excluding hydrogens is 461 g/mol. The van der Waals surface area contributed by atoms with Crippen molar-refractivity contribution in [3.8, 4) is 11.5 Å². The minimum Gasteiger partial charge on any atom is -0.409 e. The van der Waals surface area contributed by atoms with Gasteiger partial charge in [-0.05, 0) is 94.2 Å². The number of benzene rings is 1. The van der Waals surface area contributed by atoms with Crippen LogP contribution >= 0.6 is 0 Å². The number of hydrogen-bond donors (Lipinski definition) is 2. The lowest BCUT2D eigenvalue weighted by Gasteiger charge is -2.65. The predicted molar refractivity (Wildman–Crippen MR) is 130 cm³/mol. The van der Waals surface area contributed by atoms with Crippen molar-refractivity contribution < 1.29 is 18.9 Å². The summed E-state index contributed by atoms with van der Waals surface area (Å²) in [5.74, 6) is 1.99. The lowest BCUT2D eigenvalue weighted by atomic mass is 9.41. The number of carbonyl (C=O) groups is 1. The molecule has 0 radical (unpaired) electrons. The number of amidine groups is 1. The van der Waals surface area contributed by atoms with E-state index >= 15 is 0 Å². The number of oxime groups is 1. The Labute approximate surface area is 209 Å². The van der Waals surface area contributed by atoms with Crippen LogP contribution in [-0.4, -0.2) is 39.3 Å². The maximum Gasteiger partial charge on any atom is 0.258 e. The summed E-state index contributed by atoms with van der Waals surface area (Å²) in [6.07, 6.45) is 8.52. The molecule has 4 bridgehead atoms. The van der Waals surface area contributed by atoms with E-state index in [0.29, 0.717) is 43.5 Å². The summed E-state index contributed by atoms with van der Waals surface area (Å²) in [5, 5.41) is 16.8. The van der Waals surface area contributed by atoms with Gasteiger partial charge in [-0.3, -0.25) is 4.79 Å². The summed E-state index contributed by atoms with van der Waals surface area (Å²) in [4.78, 5) is 20.5. The van der Waals surface area contributed by atoms with E-state index in [2.05, 4.69) is 15.3 Å². The Kier molecular flexibility index (Phi) is 4.51. The molecule has 0 unspecified atom stereocenters. The third-order valence-corrected chi connectivity index (χ3v) is 10.00. The first-order valence-corrected chi connectivity index (χ1v) is 13.2. The lowest BCUT2D eigenvalue weighted by molar-refractivity contribution is -0.211. The Morgan fingerprint density at radius 1 is 1.14 bits per heavy atom. The summed E-state index contributed by atoms with van der Waals surface area (Å²) in [6, 6.07) is 7.77. The smallest absolute Gasteiger partial charge is 0.258 e. The average Bonchev–Trinajstić information content (AvgIpc) is 3.61. The highest BCUT2D eigenvalue weighted by Gasteiger charge is 2.73. The van der Waals surface area contributed by atoms with Crippen LogP contribution in [0.1, 0.15) is 82.4 Å². The molecule has 0 spiro atoms.